The minimum absolute atomic E-state index is 0.0983. The van der Waals surface area contributed by atoms with Gasteiger partial charge in [0.05, 0.1) is 9.99 Å². The van der Waals surface area contributed by atoms with Crippen LogP contribution in [0.5, 0.6) is 0 Å². The fourth-order valence-corrected chi connectivity index (χ4v) is 1.67. The number of rotatable bonds is 0. The minimum Gasteiger partial charge on any atom is -0.321 e. The maximum Gasteiger partial charge on any atom is 0.248 e. The summed E-state index contributed by atoms with van der Waals surface area (Å²) in [5.41, 5.74) is 1.62. The van der Waals surface area contributed by atoms with Crippen LogP contribution in [0.15, 0.2) is 27.6 Å². The van der Waals surface area contributed by atoms with Crippen molar-refractivity contribution in [3.05, 3.63) is 38.9 Å². The highest BCUT2D eigenvalue weighted by Gasteiger charge is 2.02. The van der Waals surface area contributed by atoms with Crippen molar-refractivity contribution in [2.24, 2.45) is 0 Å². The van der Waals surface area contributed by atoms with E-state index in [0.717, 1.165) is 21.1 Å². The largest absolute Gasteiger partial charge is 0.321 e. The van der Waals surface area contributed by atoms with E-state index in [9.17, 15) is 4.79 Å². The number of nitrogens with one attached hydrogen (secondary N) is 1. The lowest BCUT2D eigenvalue weighted by Crippen LogP contribution is -2.03. The van der Waals surface area contributed by atoms with E-state index < -0.39 is 0 Å². The second-order valence-corrected chi connectivity index (χ2v) is 3.66. The first-order valence-electron chi connectivity index (χ1n) is 3.82. The van der Waals surface area contributed by atoms with Gasteiger partial charge >= 0.3 is 0 Å². The Morgan fingerprint density at radius 1 is 1.46 bits per heavy atom. The van der Waals surface area contributed by atoms with Crippen molar-refractivity contribution in [2.75, 3.05) is 0 Å². The van der Waals surface area contributed by atoms with Crippen LogP contribution < -0.4 is 5.56 Å². The molecule has 0 fully saturated rings. The Morgan fingerprint density at radius 3 is 3.00 bits per heavy atom. The average molecular weight is 239 g/mol. The lowest BCUT2D eigenvalue weighted by atomic mass is 10.2. The van der Waals surface area contributed by atoms with Gasteiger partial charge in [0.15, 0.2) is 0 Å². The highest BCUT2D eigenvalue weighted by atomic mass is 79.9. The van der Waals surface area contributed by atoms with Crippen LogP contribution in [0.1, 0.15) is 5.69 Å². The summed E-state index contributed by atoms with van der Waals surface area (Å²) in [5.74, 6) is 0. The normalized spacial score (nSPS) is 10.6. The van der Waals surface area contributed by atoms with E-state index in [1.54, 1.807) is 12.3 Å². The van der Waals surface area contributed by atoms with Gasteiger partial charge in [0.1, 0.15) is 0 Å². The van der Waals surface area contributed by atoms with Crippen molar-refractivity contribution >= 4 is 26.8 Å². The summed E-state index contributed by atoms with van der Waals surface area (Å²) in [4.78, 5) is 18.0. The molecule has 0 radical (unpaired) electrons. The molecule has 2 aromatic heterocycles. The number of H-pyrrole nitrogens is 1. The van der Waals surface area contributed by atoms with Crippen LogP contribution in [-0.4, -0.2) is 9.97 Å². The van der Waals surface area contributed by atoms with Crippen LogP contribution in [0.3, 0.4) is 0 Å². The van der Waals surface area contributed by atoms with Gasteiger partial charge in [-0.05, 0) is 28.9 Å². The second-order valence-electron chi connectivity index (χ2n) is 2.80. The molecule has 0 amide bonds. The Hall–Kier alpha value is -1.16. The average Bonchev–Trinajstić information content (AvgIpc) is 2.12. The molecule has 0 atom stereocenters. The summed E-state index contributed by atoms with van der Waals surface area (Å²) in [6.07, 6.45) is 1.69. The van der Waals surface area contributed by atoms with Crippen molar-refractivity contribution in [1.29, 1.82) is 0 Å². The van der Waals surface area contributed by atoms with Gasteiger partial charge < -0.3 is 4.98 Å². The zero-order valence-corrected chi connectivity index (χ0v) is 8.55. The van der Waals surface area contributed by atoms with Gasteiger partial charge in [-0.1, -0.05) is 0 Å². The fourth-order valence-electron chi connectivity index (χ4n) is 1.25. The van der Waals surface area contributed by atoms with Gasteiger partial charge in [0.2, 0.25) is 5.56 Å². The third-order valence-electron chi connectivity index (χ3n) is 1.92. The van der Waals surface area contributed by atoms with Crippen LogP contribution in [0, 0.1) is 6.92 Å². The molecular formula is C9H7BrN2O. The van der Waals surface area contributed by atoms with E-state index in [2.05, 4.69) is 25.9 Å². The van der Waals surface area contributed by atoms with Crippen LogP contribution in [0.4, 0.5) is 0 Å². The molecule has 13 heavy (non-hydrogen) atoms. The molecule has 66 valence electrons. The maximum absolute atomic E-state index is 11.1. The first-order chi connectivity index (χ1) is 6.18. The number of fused-ring (bicyclic) bond motifs is 1. The maximum atomic E-state index is 11.1. The molecule has 1 N–H and O–H groups in total. The molecule has 0 unspecified atom stereocenters. The van der Waals surface area contributed by atoms with E-state index in [-0.39, 0.29) is 5.56 Å². The zero-order valence-electron chi connectivity index (χ0n) is 6.97. The second kappa shape index (κ2) is 2.96. The summed E-state index contributed by atoms with van der Waals surface area (Å²) >= 11 is 3.33. The molecule has 2 aromatic rings. The molecule has 3 nitrogen and oxygen atoms in total. The first kappa shape index (κ1) is 8.44. The molecule has 4 heteroatoms. The number of pyridine rings is 2. The first-order valence-corrected chi connectivity index (χ1v) is 4.62. The number of aromatic amines is 1. The van der Waals surface area contributed by atoms with Gasteiger partial charge in [-0.25, -0.2) is 0 Å². The van der Waals surface area contributed by atoms with E-state index in [4.69, 9.17) is 0 Å². The monoisotopic (exact) mass is 238 g/mol. The van der Waals surface area contributed by atoms with Crippen LogP contribution in [0.25, 0.3) is 10.9 Å². The molecular weight excluding hydrogens is 232 g/mol. The molecule has 0 aliphatic rings. The van der Waals surface area contributed by atoms with Gasteiger partial charge in [-0.3, -0.25) is 9.78 Å². The van der Waals surface area contributed by atoms with Crippen molar-refractivity contribution in [1.82, 2.24) is 9.97 Å². The SMILES string of the molecule is Cc1ncc(Br)c2[nH]c(=O)ccc12. The molecule has 0 spiro atoms. The number of hydrogen-bond acceptors (Lipinski definition) is 2. The third kappa shape index (κ3) is 1.37. The minimum atomic E-state index is -0.0983. The predicted molar refractivity (Wildman–Crippen MR) is 54.8 cm³/mol. The van der Waals surface area contributed by atoms with Gasteiger partial charge in [-0.2, -0.15) is 0 Å². The molecule has 0 aliphatic carbocycles. The van der Waals surface area contributed by atoms with E-state index in [1.807, 2.05) is 6.92 Å². The van der Waals surface area contributed by atoms with Crippen LogP contribution in [-0.2, 0) is 0 Å². The Bertz CT molecular complexity index is 518. The summed E-state index contributed by atoms with van der Waals surface area (Å²) in [6, 6.07) is 3.28. The van der Waals surface area contributed by atoms with E-state index in [0.29, 0.717) is 0 Å². The van der Waals surface area contributed by atoms with E-state index in [1.165, 1.54) is 6.07 Å². The Labute approximate surface area is 82.9 Å². The summed E-state index contributed by atoms with van der Waals surface area (Å²) in [7, 11) is 0. The summed E-state index contributed by atoms with van der Waals surface area (Å²) in [5, 5.41) is 0.967. The smallest absolute Gasteiger partial charge is 0.248 e. The van der Waals surface area contributed by atoms with Gasteiger partial charge in [0.25, 0.3) is 0 Å². The zero-order chi connectivity index (χ0) is 9.42. The van der Waals surface area contributed by atoms with Gasteiger partial charge in [0, 0.05) is 23.3 Å². The van der Waals surface area contributed by atoms with Gasteiger partial charge in [-0.15, -0.1) is 0 Å². The van der Waals surface area contributed by atoms with Crippen LogP contribution in [0.2, 0.25) is 0 Å². The molecule has 2 rings (SSSR count). The Balaban J connectivity index is 3.00. The van der Waals surface area contributed by atoms with E-state index >= 15 is 0 Å². The quantitative estimate of drug-likeness (QED) is 0.764. The van der Waals surface area contributed by atoms with Crippen molar-refractivity contribution in [2.45, 2.75) is 6.92 Å². The number of aryl methyl sites for hydroxylation is 1. The number of hydrogen-bond donors (Lipinski definition) is 1. The standard InChI is InChI=1S/C9H7BrN2O/c1-5-6-2-3-8(13)12-9(6)7(10)4-11-5/h2-4H,1H3,(H,12,13). The van der Waals surface area contributed by atoms with Crippen LogP contribution >= 0.6 is 15.9 Å². The highest BCUT2D eigenvalue weighted by Crippen LogP contribution is 2.21. The van der Waals surface area contributed by atoms with Crippen molar-refractivity contribution in [3.8, 4) is 0 Å². The third-order valence-corrected chi connectivity index (χ3v) is 2.52. The topological polar surface area (TPSA) is 45.8 Å². The molecule has 0 aromatic carbocycles. The molecule has 2 heterocycles. The summed E-state index contributed by atoms with van der Waals surface area (Å²) in [6.45, 7) is 1.91. The Morgan fingerprint density at radius 2 is 2.23 bits per heavy atom. The Kier molecular flexibility index (Phi) is 1.92. The lowest BCUT2D eigenvalue weighted by Gasteiger charge is -2.01. The predicted octanol–water partition coefficient (Wildman–Crippen LogP) is 1.99. The molecule has 0 saturated heterocycles. The van der Waals surface area contributed by atoms with Crippen molar-refractivity contribution < 1.29 is 0 Å². The fraction of sp³-hybridized carbons (Fsp3) is 0.111. The molecule has 0 bridgehead atoms. The summed E-state index contributed by atoms with van der Waals surface area (Å²) < 4.78 is 0.811. The lowest BCUT2D eigenvalue weighted by molar-refractivity contribution is 1.20. The number of halogens is 1. The molecule has 0 saturated carbocycles. The molecule has 0 aliphatic heterocycles. The number of aromatic nitrogens is 2. The highest BCUT2D eigenvalue weighted by molar-refractivity contribution is 9.10. The van der Waals surface area contributed by atoms with Crippen molar-refractivity contribution in [3.63, 3.8) is 0 Å². The number of nitrogens with zero attached hydrogens (tertiary/aromatic N) is 1.